The third-order valence-electron chi connectivity index (χ3n) is 5.35. The summed E-state index contributed by atoms with van der Waals surface area (Å²) in [6.07, 6.45) is 8.17. The number of aromatic hydroxyl groups is 2. The van der Waals surface area contributed by atoms with Crippen molar-refractivity contribution in [3.05, 3.63) is 53.3 Å². The zero-order chi connectivity index (χ0) is 18.9. The van der Waals surface area contributed by atoms with Crippen molar-refractivity contribution in [2.75, 3.05) is 0 Å². The molecule has 0 aromatic heterocycles. The molecule has 1 aliphatic rings. The summed E-state index contributed by atoms with van der Waals surface area (Å²) in [5.74, 6) is 0.450. The molecule has 0 atom stereocenters. The van der Waals surface area contributed by atoms with Crippen LogP contribution in [0.25, 0.3) is 0 Å². The van der Waals surface area contributed by atoms with Crippen LogP contribution in [0.2, 0.25) is 0 Å². The van der Waals surface area contributed by atoms with E-state index in [1.54, 1.807) is 0 Å². The van der Waals surface area contributed by atoms with E-state index in [1.807, 2.05) is 24.3 Å². The molecule has 2 nitrogen and oxygen atoms in total. The maximum Gasteiger partial charge on any atom is 0.143 e. The standard InChI is InChI=1S/C20H20Br4O2/c21-14-8-12(9-15(22)18(14)25)20(6-4-2-1-3-5-7-20)13-10-16(23)19(26)17(24)11-13/h8-11,25-26H,1-7H2. The van der Waals surface area contributed by atoms with Gasteiger partial charge >= 0.3 is 0 Å². The van der Waals surface area contributed by atoms with Crippen molar-refractivity contribution in [2.45, 2.75) is 50.4 Å². The van der Waals surface area contributed by atoms with E-state index >= 15 is 0 Å². The second-order valence-electron chi connectivity index (χ2n) is 6.93. The molecular formula is C20H20Br4O2. The van der Waals surface area contributed by atoms with E-state index in [4.69, 9.17) is 0 Å². The summed E-state index contributed by atoms with van der Waals surface area (Å²) in [5, 5.41) is 20.3. The summed E-state index contributed by atoms with van der Waals surface area (Å²) in [6, 6.07) is 8.15. The van der Waals surface area contributed by atoms with E-state index in [0.717, 1.165) is 25.7 Å². The van der Waals surface area contributed by atoms with Crippen LogP contribution in [0.3, 0.4) is 0 Å². The van der Waals surface area contributed by atoms with Gasteiger partial charge in [-0.1, -0.05) is 32.1 Å². The van der Waals surface area contributed by atoms with E-state index in [0.29, 0.717) is 17.9 Å². The number of phenols is 2. The SMILES string of the molecule is Oc1c(Br)cc(C2(c3cc(Br)c(O)c(Br)c3)CCCCCCC2)cc1Br. The molecule has 1 saturated carbocycles. The van der Waals surface area contributed by atoms with Gasteiger partial charge in [0.25, 0.3) is 0 Å². The number of rotatable bonds is 2. The van der Waals surface area contributed by atoms with Crippen LogP contribution in [-0.4, -0.2) is 10.2 Å². The first-order valence-corrected chi connectivity index (χ1v) is 11.9. The van der Waals surface area contributed by atoms with Gasteiger partial charge in [-0.15, -0.1) is 0 Å². The van der Waals surface area contributed by atoms with Crippen LogP contribution >= 0.6 is 63.7 Å². The van der Waals surface area contributed by atoms with Gasteiger partial charge in [0.1, 0.15) is 11.5 Å². The van der Waals surface area contributed by atoms with E-state index in [-0.39, 0.29) is 16.9 Å². The van der Waals surface area contributed by atoms with Gasteiger partial charge in [-0.2, -0.15) is 0 Å². The second-order valence-corrected chi connectivity index (χ2v) is 10.3. The molecule has 1 aliphatic carbocycles. The van der Waals surface area contributed by atoms with Crippen molar-refractivity contribution in [1.82, 2.24) is 0 Å². The first-order valence-electron chi connectivity index (χ1n) is 8.72. The average Bonchev–Trinajstić information content (AvgIpc) is 2.57. The maximum absolute atomic E-state index is 10.2. The summed E-state index contributed by atoms with van der Waals surface area (Å²) in [4.78, 5) is 0. The molecule has 0 amide bonds. The first-order chi connectivity index (χ1) is 12.3. The maximum atomic E-state index is 10.2. The monoisotopic (exact) mass is 608 g/mol. The molecule has 0 bridgehead atoms. The predicted octanol–water partition coefficient (Wildman–Crippen LogP) is 8.18. The minimum Gasteiger partial charge on any atom is -0.506 e. The fourth-order valence-corrected chi connectivity index (χ4v) is 6.31. The van der Waals surface area contributed by atoms with E-state index < -0.39 is 0 Å². The van der Waals surface area contributed by atoms with Gasteiger partial charge in [0.15, 0.2) is 0 Å². The summed E-state index contributed by atoms with van der Waals surface area (Å²) < 4.78 is 2.78. The zero-order valence-corrected chi connectivity index (χ0v) is 20.5. The number of hydrogen-bond donors (Lipinski definition) is 2. The lowest BCUT2D eigenvalue weighted by atomic mass is 9.67. The fraction of sp³-hybridized carbons (Fsp3) is 0.400. The molecule has 1 fully saturated rings. The van der Waals surface area contributed by atoms with Crippen LogP contribution in [-0.2, 0) is 5.41 Å². The Kier molecular flexibility index (Phi) is 6.80. The number of benzene rings is 2. The van der Waals surface area contributed by atoms with Crippen molar-refractivity contribution in [3.63, 3.8) is 0 Å². The fourth-order valence-electron chi connectivity index (χ4n) is 3.94. The number of halogens is 4. The summed E-state index contributed by atoms with van der Waals surface area (Å²) in [7, 11) is 0. The quantitative estimate of drug-likeness (QED) is 0.360. The predicted molar refractivity (Wildman–Crippen MR) is 120 cm³/mol. The average molecular weight is 612 g/mol. The van der Waals surface area contributed by atoms with Crippen LogP contribution in [0.1, 0.15) is 56.1 Å². The molecule has 2 aromatic rings. The highest BCUT2D eigenvalue weighted by atomic mass is 79.9. The Labute approximate surface area is 187 Å². The van der Waals surface area contributed by atoms with Crippen molar-refractivity contribution < 1.29 is 10.2 Å². The summed E-state index contributed by atoms with van der Waals surface area (Å²) >= 11 is 14.0. The molecule has 3 rings (SSSR count). The lowest BCUT2D eigenvalue weighted by Gasteiger charge is -2.37. The number of phenolic OH excluding ortho intramolecular Hbond substituents is 2. The normalized spacial score (nSPS) is 17.5. The number of hydrogen-bond acceptors (Lipinski definition) is 2. The highest BCUT2D eigenvalue weighted by molar-refractivity contribution is 9.11. The van der Waals surface area contributed by atoms with Crippen LogP contribution in [0.15, 0.2) is 42.2 Å². The van der Waals surface area contributed by atoms with Crippen molar-refractivity contribution in [3.8, 4) is 11.5 Å². The summed E-state index contributed by atoms with van der Waals surface area (Å²) in [6.45, 7) is 0. The van der Waals surface area contributed by atoms with Crippen molar-refractivity contribution in [1.29, 1.82) is 0 Å². The highest BCUT2D eigenvalue weighted by Crippen LogP contribution is 2.49. The van der Waals surface area contributed by atoms with Gasteiger partial charge in [0.05, 0.1) is 17.9 Å². The Bertz CT molecular complexity index is 706. The molecule has 140 valence electrons. The minimum atomic E-state index is -0.155. The Hall–Kier alpha value is -0.0400. The van der Waals surface area contributed by atoms with Crippen LogP contribution < -0.4 is 0 Å². The van der Waals surface area contributed by atoms with Crippen LogP contribution in [0, 0.1) is 0 Å². The van der Waals surface area contributed by atoms with Crippen LogP contribution in [0.4, 0.5) is 0 Å². The van der Waals surface area contributed by atoms with Gasteiger partial charge in [0, 0.05) is 5.41 Å². The molecule has 0 aliphatic heterocycles. The minimum absolute atomic E-state index is 0.155. The Balaban J connectivity index is 2.23. The lowest BCUT2D eigenvalue weighted by molar-refractivity contribution is 0.364. The zero-order valence-electron chi connectivity index (χ0n) is 14.2. The lowest BCUT2D eigenvalue weighted by Crippen LogP contribution is -2.29. The highest BCUT2D eigenvalue weighted by Gasteiger charge is 2.36. The third-order valence-corrected chi connectivity index (χ3v) is 7.76. The summed E-state index contributed by atoms with van der Waals surface area (Å²) in [5.41, 5.74) is 2.21. The second kappa shape index (κ2) is 8.54. The smallest absolute Gasteiger partial charge is 0.143 e. The molecule has 0 radical (unpaired) electrons. The van der Waals surface area contributed by atoms with Crippen LogP contribution in [0.5, 0.6) is 11.5 Å². The molecular weight excluding hydrogens is 592 g/mol. The third kappa shape index (κ3) is 4.03. The molecule has 26 heavy (non-hydrogen) atoms. The Morgan fingerprint density at radius 3 is 1.23 bits per heavy atom. The van der Waals surface area contributed by atoms with Gasteiger partial charge in [-0.05, 0) is 112 Å². The first kappa shape index (κ1) is 20.7. The molecule has 2 aromatic carbocycles. The largest absolute Gasteiger partial charge is 0.506 e. The van der Waals surface area contributed by atoms with E-state index in [9.17, 15) is 10.2 Å². The molecule has 2 N–H and O–H groups in total. The molecule has 6 heteroatoms. The topological polar surface area (TPSA) is 40.5 Å². The van der Waals surface area contributed by atoms with Gasteiger partial charge < -0.3 is 10.2 Å². The molecule has 0 unspecified atom stereocenters. The molecule has 0 saturated heterocycles. The Morgan fingerprint density at radius 1 is 0.577 bits per heavy atom. The van der Waals surface area contributed by atoms with Gasteiger partial charge in [0.2, 0.25) is 0 Å². The Morgan fingerprint density at radius 2 is 0.885 bits per heavy atom. The van der Waals surface area contributed by atoms with E-state index in [1.165, 1.54) is 30.4 Å². The van der Waals surface area contributed by atoms with Gasteiger partial charge in [-0.25, -0.2) is 0 Å². The van der Waals surface area contributed by atoms with Gasteiger partial charge in [-0.3, -0.25) is 0 Å². The molecule has 0 heterocycles. The molecule has 0 spiro atoms. The van der Waals surface area contributed by atoms with E-state index in [2.05, 4.69) is 63.7 Å². The van der Waals surface area contributed by atoms with Crippen molar-refractivity contribution in [2.24, 2.45) is 0 Å². The van der Waals surface area contributed by atoms with Crippen molar-refractivity contribution >= 4 is 63.7 Å².